The van der Waals surface area contributed by atoms with E-state index in [4.69, 9.17) is 0 Å². The maximum Gasteiger partial charge on any atom is 0.416 e. The van der Waals surface area contributed by atoms with E-state index >= 15 is 17.6 Å². The molecule has 11 aromatic carbocycles. The van der Waals surface area contributed by atoms with E-state index in [-0.39, 0.29) is 36.4 Å². The van der Waals surface area contributed by atoms with Gasteiger partial charge in [0.05, 0.1) is 22.3 Å². The molecule has 0 saturated carbocycles. The van der Waals surface area contributed by atoms with Crippen LogP contribution in [0.1, 0.15) is 22.3 Å². The third-order valence-electron chi connectivity index (χ3n) is 13.5. The van der Waals surface area contributed by atoms with E-state index in [0.717, 1.165) is 0 Å². The van der Waals surface area contributed by atoms with Gasteiger partial charge in [-0.25, -0.2) is 35.1 Å². The second-order valence-electron chi connectivity index (χ2n) is 17.9. The van der Waals surface area contributed by atoms with Crippen molar-refractivity contribution in [2.75, 3.05) is 0 Å². The van der Waals surface area contributed by atoms with E-state index in [1.165, 1.54) is 0 Å². The number of fused-ring (bicyclic) bond motifs is 8. The van der Waals surface area contributed by atoms with Crippen molar-refractivity contribution in [3.63, 3.8) is 0 Å². The second kappa shape index (κ2) is 16.4. The Morgan fingerprint density at radius 1 is 0.205 bits per heavy atom. The summed E-state index contributed by atoms with van der Waals surface area (Å²) < 4.78 is 295. The Kier molecular flexibility index (Phi) is 10.8. The van der Waals surface area contributed by atoms with E-state index in [1.807, 2.05) is 0 Å². The Bertz CT molecular complexity index is 4260. The van der Waals surface area contributed by atoms with Crippen molar-refractivity contribution in [1.29, 1.82) is 0 Å². The fraction of sp³-hybridized carbons (Fsp3) is 0.0741. The lowest BCUT2D eigenvalue weighted by Crippen LogP contribution is -2.15. The molecule has 24 heteroatoms. The summed E-state index contributed by atoms with van der Waals surface area (Å²) >= 11 is 0. The summed E-state index contributed by atoms with van der Waals surface area (Å²) in [7, 11) is 0. The van der Waals surface area contributed by atoms with Gasteiger partial charge in [0.1, 0.15) is 0 Å². The van der Waals surface area contributed by atoms with Crippen LogP contribution < -0.4 is 21.7 Å². The van der Waals surface area contributed by atoms with Crippen molar-refractivity contribution in [2.24, 2.45) is 0 Å². The molecular formula is C54H14F20O4. The molecule has 0 aliphatic heterocycles. The van der Waals surface area contributed by atoms with Crippen molar-refractivity contribution in [3.05, 3.63) is 195 Å². The Hall–Kier alpha value is -8.70. The van der Waals surface area contributed by atoms with Crippen molar-refractivity contribution < 1.29 is 87.8 Å². The zero-order valence-electron chi connectivity index (χ0n) is 37.3. The van der Waals surface area contributed by atoms with Crippen LogP contribution >= 0.6 is 0 Å². The van der Waals surface area contributed by atoms with Gasteiger partial charge in [-0.05, 0) is 129 Å². The smallest absolute Gasteiger partial charge is 0.289 e. The SMILES string of the molecule is O=c1c2cc3c(F)c(F)c(F)c(F)c3cc2c(=O)c2cc3c(-c4cc(C(F)(F)F)cc(C(F)(F)F)c4)c4cc5c(=O)c6cc7c(F)c(F)c(F)c(F)c7cc6c(=O)c5cc4c(-c4cc(C(F)(F)F)cc(C(F)(F)F)c4)c3cc12. The van der Waals surface area contributed by atoms with Crippen LogP contribution in [-0.2, 0) is 24.7 Å². The van der Waals surface area contributed by atoms with E-state index in [9.17, 15) is 89.4 Å². The monoisotopic (exact) mass is 1110 g/mol. The molecule has 78 heavy (non-hydrogen) atoms. The molecule has 0 aliphatic rings. The number of alkyl halides is 12. The minimum Gasteiger partial charge on any atom is -0.289 e. The number of hydrogen-bond donors (Lipinski definition) is 0. The maximum absolute atomic E-state index is 15.2. The Labute approximate surface area is 414 Å². The van der Waals surface area contributed by atoms with Crippen LogP contribution in [0.3, 0.4) is 0 Å². The maximum atomic E-state index is 15.2. The van der Waals surface area contributed by atoms with Crippen molar-refractivity contribution in [2.45, 2.75) is 24.7 Å². The molecule has 0 unspecified atom stereocenters. The first kappa shape index (κ1) is 51.4. The van der Waals surface area contributed by atoms with Crippen LogP contribution in [0.15, 0.2) is 104 Å². The van der Waals surface area contributed by atoms with E-state index in [0.29, 0.717) is 48.5 Å². The first-order valence-electron chi connectivity index (χ1n) is 21.7. The lowest BCUT2D eigenvalue weighted by Gasteiger charge is -2.22. The van der Waals surface area contributed by atoms with Crippen molar-refractivity contribution in [3.8, 4) is 22.3 Å². The minimum atomic E-state index is -5.68. The standard InChI is InChI=1S/C54H14F20O4/c55-39-25-11-33-35(13-27(25)41(57)45(61)43(39)59)49(77)31-9-23-21(7-29(31)47(33)75)37(15-1-17(51(63,64)65)5-18(2-15)52(66,67)68)22-8-30-32(10-24(22)38(23)16-3-19(53(69,70)71)6-20(4-16)54(72,73)74)50(78)36-14-28-26(12-34(36)48(30)76)40(56)44(60)46(62)42(28)58/h1-14H. The summed E-state index contributed by atoms with van der Waals surface area (Å²) in [5, 5.41) is -15.8. The predicted molar refractivity (Wildman–Crippen MR) is 244 cm³/mol. The van der Waals surface area contributed by atoms with Gasteiger partial charge in [0.25, 0.3) is 0 Å². The third-order valence-corrected chi connectivity index (χ3v) is 13.5. The van der Waals surface area contributed by atoms with Crippen LogP contribution in [0.2, 0.25) is 0 Å². The fourth-order valence-electron chi connectivity index (χ4n) is 10.0. The normalized spacial score (nSPS) is 13.1. The average Bonchev–Trinajstić information content (AvgIpc) is 3.44. The van der Waals surface area contributed by atoms with Crippen LogP contribution in [0, 0.1) is 46.5 Å². The quantitative estimate of drug-likeness (QED) is 0.0749. The summed E-state index contributed by atoms with van der Waals surface area (Å²) in [5.74, 6) is -17.9. The van der Waals surface area contributed by atoms with Gasteiger partial charge >= 0.3 is 24.7 Å². The summed E-state index contributed by atoms with van der Waals surface area (Å²) in [6.45, 7) is 0. The Morgan fingerprint density at radius 3 is 0.538 bits per heavy atom. The van der Waals surface area contributed by atoms with Gasteiger partial charge in [0, 0.05) is 64.6 Å². The third kappa shape index (κ3) is 7.45. The van der Waals surface area contributed by atoms with E-state index in [2.05, 4.69) is 0 Å². The molecule has 0 fully saturated rings. The highest BCUT2D eigenvalue weighted by atomic mass is 19.4. The summed E-state index contributed by atoms with van der Waals surface area (Å²) in [5.41, 5.74) is -18.6. The van der Waals surface area contributed by atoms with Gasteiger partial charge in [-0.15, -0.1) is 0 Å². The van der Waals surface area contributed by atoms with Gasteiger partial charge in [0.15, 0.2) is 68.3 Å². The zero-order chi connectivity index (χ0) is 56.7. The molecule has 0 saturated heterocycles. The molecule has 0 amide bonds. The highest BCUT2D eigenvalue weighted by molar-refractivity contribution is 6.26. The molecule has 0 aromatic heterocycles. The first-order valence-corrected chi connectivity index (χ1v) is 21.7. The fourth-order valence-corrected chi connectivity index (χ4v) is 10.0. The van der Waals surface area contributed by atoms with Crippen molar-refractivity contribution >= 4 is 86.2 Å². The molecule has 394 valence electrons. The molecule has 0 aliphatic carbocycles. The number of benzene rings is 11. The van der Waals surface area contributed by atoms with Crippen LogP contribution in [-0.4, -0.2) is 0 Å². The first-order chi connectivity index (χ1) is 36.2. The highest BCUT2D eigenvalue weighted by Crippen LogP contribution is 2.50. The largest absolute Gasteiger partial charge is 0.416 e. The van der Waals surface area contributed by atoms with Crippen molar-refractivity contribution in [1.82, 2.24) is 0 Å². The molecule has 0 spiro atoms. The molecule has 11 aromatic rings. The number of hydrogen-bond acceptors (Lipinski definition) is 4. The summed E-state index contributed by atoms with van der Waals surface area (Å²) in [6, 6.07) is 3.18. The van der Waals surface area contributed by atoms with Gasteiger partial charge in [0.2, 0.25) is 0 Å². The van der Waals surface area contributed by atoms with Crippen LogP contribution in [0.25, 0.3) is 108 Å². The number of halogens is 20. The molecule has 0 radical (unpaired) electrons. The lowest BCUT2D eigenvalue weighted by molar-refractivity contribution is -0.144. The van der Waals surface area contributed by atoms with E-state index < -0.39 is 224 Å². The Balaban J connectivity index is 1.45. The topological polar surface area (TPSA) is 68.3 Å². The highest BCUT2D eigenvalue weighted by Gasteiger charge is 2.40. The molecule has 0 heterocycles. The predicted octanol–water partition coefficient (Wildman–Crippen LogP) is 15.8. The average molecular weight is 1110 g/mol. The van der Waals surface area contributed by atoms with Gasteiger partial charge in [-0.3, -0.25) is 19.2 Å². The van der Waals surface area contributed by atoms with Crippen LogP contribution in [0.5, 0.6) is 0 Å². The molecule has 4 nitrogen and oxygen atoms in total. The molecule has 0 bridgehead atoms. The summed E-state index contributed by atoms with van der Waals surface area (Å²) in [4.78, 5) is 58.2. The summed E-state index contributed by atoms with van der Waals surface area (Å²) in [6.07, 6.45) is -22.7. The minimum absolute atomic E-state index is 0.0624. The van der Waals surface area contributed by atoms with Gasteiger partial charge < -0.3 is 0 Å². The Morgan fingerprint density at radius 2 is 0.372 bits per heavy atom. The zero-order valence-corrected chi connectivity index (χ0v) is 37.3. The molecular weight excluding hydrogens is 1090 g/mol. The molecule has 0 atom stereocenters. The molecule has 11 rings (SSSR count). The van der Waals surface area contributed by atoms with Crippen LogP contribution in [0.4, 0.5) is 87.8 Å². The van der Waals surface area contributed by atoms with E-state index in [1.54, 1.807) is 0 Å². The number of rotatable bonds is 2. The molecule has 0 N–H and O–H groups in total. The second-order valence-corrected chi connectivity index (χ2v) is 17.9. The van der Waals surface area contributed by atoms with Gasteiger partial charge in [-0.2, -0.15) is 52.7 Å². The lowest BCUT2D eigenvalue weighted by atomic mass is 9.82. The van der Waals surface area contributed by atoms with Gasteiger partial charge in [-0.1, -0.05) is 0 Å².